The molecule has 0 radical (unpaired) electrons. The summed E-state index contributed by atoms with van der Waals surface area (Å²) >= 11 is 5.79. The number of nitrogens with two attached hydrogens (primary N) is 1. The topological polar surface area (TPSA) is 95.7 Å². The Morgan fingerprint density at radius 1 is 1.07 bits per heavy atom. The van der Waals surface area contributed by atoms with E-state index >= 15 is 0 Å². The molecule has 0 aliphatic rings. The molecule has 0 heterocycles. The molecule has 0 amide bonds. The fourth-order valence-electron chi connectivity index (χ4n) is 2.28. The molecule has 8 heteroatoms. The maximum absolute atomic E-state index is 12.0. The minimum absolute atomic E-state index is 0.00713. The summed E-state index contributed by atoms with van der Waals surface area (Å²) < 4.78 is 33.5. The lowest BCUT2D eigenvalue weighted by molar-refractivity contribution is 0.0450. The van der Waals surface area contributed by atoms with Gasteiger partial charge < -0.3 is 9.47 Å². The van der Waals surface area contributed by atoms with Gasteiger partial charge in [0.25, 0.3) is 0 Å². The van der Waals surface area contributed by atoms with Gasteiger partial charge in [0.15, 0.2) is 0 Å². The summed E-state index contributed by atoms with van der Waals surface area (Å²) in [6.07, 6.45) is 0. The first-order valence-corrected chi connectivity index (χ1v) is 10.1. The molecule has 0 aromatic heterocycles. The molecule has 2 aromatic rings. The van der Waals surface area contributed by atoms with Crippen molar-refractivity contribution in [1.29, 1.82) is 0 Å². The Morgan fingerprint density at radius 3 is 2.26 bits per heavy atom. The van der Waals surface area contributed by atoms with E-state index in [-0.39, 0.29) is 34.1 Å². The SMILES string of the molecule is CC(C)(C)c1ccc(OCCOC(=O)c2ccc(Cl)c(S(N)(=O)=O)c2)cc1. The molecular formula is C19H22ClNO5S. The predicted octanol–water partition coefficient (Wildman–Crippen LogP) is 3.52. The van der Waals surface area contributed by atoms with Crippen LogP contribution >= 0.6 is 11.6 Å². The third-order valence-corrected chi connectivity index (χ3v) is 5.17. The van der Waals surface area contributed by atoms with Crippen LogP contribution in [0, 0.1) is 0 Å². The normalized spacial score (nSPS) is 11.9. The van der Waals surface area contributed by atoms with Gasteiger partial charge in [-0.05, 0) is 41.3 Å². The molecule has 2 aromatic carbocycles. The highest BCUT2D eigenvalue weighted by Crippen LogP contribution is 2.24. The van der Waals surface area contributed by atoms with Gasteiger partial charge in [0, 0.05) is 0 Å². The zero-order valence-electron chi connectivity index (χ0n) is 15.4. The van der Waals surface area contributed by atoms with Crippen LogP contribution in [0.2, 0.25) is 5.02 Å². The van der Waals surface area contributed by atoms with Crippen molar-refractivity contribution in [3.8, 4) is 5.75 Å². The lowest BCUT2D eigenvalue weighted by Crippen LogP contribution is -2.16. The molecule has 6 nitrogen and oxygen atoms in total. The van der Waals surface area contributed by atoms with Crippen molar-refractivity contribution >= 4 is 27.6 Å². The zero-order chi connectivity index (χ0) is 20.2. The Kier molecular flexibility index (Phi) is 6.51. The van der Waals surface area contributed by atoms with E-state index in [4.69, 9.17) is 26.2 Å². The second kappa shape index (κ2) is 8.29. The lowest BCUT2D eigenvalue weighted by Gasteiger charge is -2.19. The number of ether oxygens (including phenoxy) is 2. The number of primary sulfonamides is 1. The first kappa shape index (κ1) is 21.2. The van der Waals surface area contributed by atoms with Crippen molar-refractivity contribution in [3.63, 3.8) is 0 Å². The summed E-state index contributed by atoms with van der Waals surface area (Å²) in [6.45, 7) is 6.55. The van der Waals surface area contributed by atoms with Crippen molar-refractivity contribution in [2.45, 2.75) is 31.1 Å². The van der Waals surface area contributed by atoms with E-state index < -0.39 is 16.0 Å². The number of carbonyl (C=O) groups excluding carboxylic acids is 1. The van der Waals surface area contributed by atoms with E-state index in [0.29, 0.717) is 5.75 Å². The third-order valence-electron chi connectivity index (χ3n) is 3.78. The Morgan fingerprint density at radius 2 is 1.70 bits per heavy atom. The van der Waals surface area contributed by atoms with Gasteiger partial charge in [-0.2, -0.15) is 0 Å². The van der Waals surface area contributed by atoms with E-state index in [9.17, 15) is 13.2 Å². The van der Waals surface area contributed by atoms with Gasteiger partial charge in [-0.15, -0.1) is 0 Å². The number of sulfonamides is 1. The second-order valence-corrected chi connectivity index (χ2v) is 8.89. The van der Waals surface area contributed by atoms with Crippen LogP contribution in [0.15, 0.2) is 47.4 Å². The number of benzene rings is 2. The Hall–Kier alpha value is -2.09. The highest BCUT2D eigenvalue weighted by atomic mass is 35.5. The summed E-state index contributed by atoms with van der Waals surface area (Å²) in [6, 6.07) is 11.4. The number of halogens is 1. The minimum atomic E-state index is -4.03. The van der Waals surface area contributed by atoms with Gasteiger partial charge in [-0.25, -0.2) is 18.4 Å². The molecule has 0 fully saturated rings. The van der Waals surface area contributed by atoms with Crippen molar-refractivity contribution < 1.29 is 22.7 Å². The highest BCUT2D eigenvalue weighted by Gasteiger charge is 2.17. The standard InChI is InChI=1S/C19H22ClNO5S/c1-19(2,3)14-5-7-15(8-6-14)25-10-11-26-18(22)13-4-9-16(20)17(12-13)27(21,23)24/h4-9,12H,10-11H2,1-3H3,(H2,21,23,24). The molecule has 2 rings (SSSR count). The van der Waals surface area contributed by atoms with E-state index in [2.05, 4.69) is 20.8 Å². The van der Waals surface area contributed by atoms with Gasteiger partial charge in [0.2, 0.25) is 10.0 Å². The summed E-state index contributed by atoms with van der Waals surface area (Å²) in [4.78, 5) is 11.7. The quantitative estimate of drug-likeness (QED) is 0.579. The van der Waals surface area contributed by atoms with Gasteiger partial charge in [-0.3, -0.25) is 0 Å². The summed E-state index contributed by atoms with van der Waals surface area (Å²) in [7, 11) is -4.03. The van der Waals surface area contributed by atoms with Crippen LogP contribution < -0.4 is 9.88 Å². The molecule has 0 unspecified atom stereocenters. The predicted molar refractivity (Wildman–Crippen MR) is 104 cm³/mol. The molecule has 0 saturated carbocycles. The first-order chi connectivity index (χ1) is 12.5. The minimum Gasteiger partial charge on any atom is -0.490 e. The van der Waals surface area contributed by atoms with Crippen LogP contribution in [0.3, 0.4) is 0 Å². The van der Waals surface area contributed by atoms with Gasteiger partial charge in [0.1, 0.15) is 23.9 Å². The summed E-state index contributed by atoms with van der Waals surface area (Å²) in [5.41, 5.74) is 1.29. The maximum Gasteiger partial charge on any atom is 0.338 e. The third kappa shape index (κ3) is 5.95. The van der Waals surface area contributed by atoms with Crippen molar-refractivity contribution in [2.24, 2.45) is 5.14 Å². The monoisotopic (exact) mass is 411 g/mol. The van der Waals surface area contributed by atoms with Crippen molar-refractivity contribution in [1.82, 2.24) is 0 Å². The molecule has 0 spiro atoms. The summed E-state index contributed by atoms with van der Waals surface area (Å²) in [5.74, 6) is -0.0229. The molecule has 2 N–H and O–H groups in total. The number of hydrogen-bond donors (Lipinski definition) is 1. The molecule has 0 saturated heterocycles. The molecule has 0 atom stereocenters. The Bertz CT molecular complexity index is 918. The molecular weight excluding hydrogens is 390 g/mol. The van der Waals surface area contributed by atoms with Crippen LogP contribution in [0.5, 0.6) is 5.75 Å². The van der Waals surface area contributed by atoms with Gasteiger partial charge >= 0.3 is 5.97 Å². The van der Waals surface area contributed by atoms with Crippen LogP contribution in [0.1, 0.15) is 36.7 Å². The van der Waals surface area contributed by atoms with Crippen molar-refractivity contribution in [2.75, 3.05) is 13.2 Å². The highest BCUT2D eigenvalue weighted by molar-refractivity contribution is 7.89. The van der Waals surface area contributed by atoms with E-state index in [1.165, 1.54) is 17.7 Å². The zero-order valence-corrected chi connectivity index (χ0v) is 16.9. The molecule has 146 valence electrons. The maximum atomic E-state index is 12.0. The Balaban J connectivity index is 1.90. The first-order valence-electron chi connectivity index (χ1n) is 8.21. The van der Waals surface area contributed by atoms with Crippen LogP contribution in [0.25, 0.3) is 0 Å². The average Bonchev–Trinajstić information content (AvgIpc) is 2.57. The van der Waals surface area contributed by atoms with Crippen LogP contribution in [-0.4, -0.2) is 27.6 Å². The molecule has 0 aliphatic heterocycles. The van der Waals surface area contributed by atoms with Gasteiger partial charge in [-0.1, -0.05) is 44.5 Å². The molecule has 27 heavy (non-hydrogen) atoms. The largest absolute Gasteiger partial charge is 0.490 e. The van der Waals surface area contributed by atoms with Crippen molar-refractivity contribution in [3.05, 3.63) is 58.6 Å². The van der Waals surface area contributed by atoms with Crippen LogP contribution in [-0.2, 0) is 20.2 Å². The van der Waals surface area contributed by atoms with E-state index in [0.717, 1.165) is 6.07 Å². The number of carbonyl (C=O) groups is 1. The molecule has 0 bridgehead atoms. The van der Waals surface area contributed by atoms with E-state index in [1.807, 2.05) is 24.3 Å². The number of hydrogen-bond acceptors (Lipinski definition) is 5. The lowest BCUT2D eigenvalue weighted by atomic mass is 9.87. The Labute approximate surface area is 164 Å². The smallest absolute Gasteiger partial charge is 0.338 e. The fourth-order valence-corrected chi connectivity index (χ4v) is 3.35. The van der Waals surface area contributed by atoms with Crippen LogP contribution in [0.4, 0.5) is 0 Å². The second-order valence-electron chi connectivity index (χ2n) is 6.95. The van der Waals surface area contributed by atoms with E-state index in [1.54, 1.807) is 0 Å². The average molecular weight is 412 g/mol. The number of rotatable bonds is 6. The summed E-state index contributed by atoms with van der Waals surface area (Å²) in [5, 5.41) is 5.01. The van der Waals surface area contributed by atoms with Gasteiger partial charge in [0.05, 0.1) is 10.6 Å². The fraction of sp³-hybridized carbons (Fsp3) is 0.316. The molecule has 0 aliphatic carbocycles. The number of esters is 1.